The van der Waals surface area contributed by atoms with Crippen LogP contribution in [0.3, 0.4) is 0 Å². The van der Waals surface area contributed by atoms with Crippen LogP contribution in [0.4, 0.5) is 0 Å². The third-order valence-electron chi connectivity index (χ3n) is 3.89. The van der Waals surface area contributed by atoms with Gasteiger partial charge in [-0.2, -0.15) is 0 Å². The molecule has 1 amide bonds. The van der Waals surface area contributed by atoms with Crippen molar-refractivity contribution in [3.8, 4) is 0 Å². The summed E-state index contributed by atoms with van der Waals surface area (Å²) in [6.45, 7) is 1.98. The Hall–Kier alpha value is -0.610. The van der Waals surface area contributed by atoms with Gasteiger partial charge in [-0.1, -0.05) is 19.3 Å². The van der Waals surface area contributed by atoms with Gasteiger partial charge in [0.1, 0.15) is 0 Å². The van der Waals surface area contributed by atoms with Gasteiger partial charge in [-0.3, -0.25) is 4.79 Å². The van der Waals surface area contributed by atoms with E-state index in [-0.39, 0.29) is 17.4 Å². The van der Waals surface area contributed by atoms with Crippen LogP contribution in [-0.2, 0) is 9.53 Å². The molecule has 1 aliphatic carbocycles. The van der Waals surface area contributed by atoms with E-state index in [1.54, 1.807) is 0 Å². The minimum absolute atomic E-state index is 0.0763. The molecule has 0 spiro atoms. The monoisotopic (exact) mass is 226 g/mol. The number of amides is 1. The highest BCUT2D eigenvalue weighted by Gasteiger charge is 2.33. The number of hydrogen-bond acceptors (Lipinski definition) is 3. The highest BCUT2D eigenvalue weighted by Crippen LogP contribution is 2.38. The number of hydrogen-bond donors (Lipinski definition) is 2. The lowest BCUT2D eigenvalue weighted by Gasteiger charge is -2.36. The Morgan fingerprint density at radius 1 is 1.31 bits per heavy atom. The Kier molecular flexibility index (Phi) is 3.82. The van der Waals surface area contributed by atoms with Gasteiger partial charge in [0.2, 0.25) is 5.91 Å². The summed E-state index contributed by atoms with van der Waals surface area (Å²) >= 11 is 0. The van der Waals surface area contributed by atoms with Crippen molar-refractivity contribution in [2.75, 3.05) is 19.8 Å². The Morgan fingerprint density at radius 3 is 2.50 bits per heavy atom. The molecule has 16 heavy (non-hydrogen) atoms. The first kappa shape index (κ1) is 11.9. The zero-order chi connectivity index (χ0) is 11.4. The number of nitrogens with one attached hydrogen (secondary N) is 1. The third-order valence-corrected chi connectivity index (χ3v) is 3.89. The fourth-order valence-corrected chi connectivity index (χ4v) is 2.69. The maximum atomic E-state index is 11.9. The Bertz CT molecular complexity index is 245. The van der Waals surface area contributed by atoms with E-state index in [0.717, 1.165) is 12.8 Å². The van der Waals surface area contributed by atoms with Gasteiger partial charge < -0.3 is 15.8 Å². The van der Waals surface area contributed by atoms with Crippen LogP contribution in [0.15, 0.2) is 0 Å². The first-order chi connectivity index (χ1) is 7.74. The highest BCUT2D eigenvalue weighted by molar-refractivity contribution is 5.77. The first-order valence-corrected chi connectivity index (χ1v) is 6.31. The summed E-state index contributed by atoms with van der Waals surface area (Å²) in [6, 6.07) is 0.242. The van der Waals surface area contributed by atoms with E-state index in [1.165, 1.54) is 19.3 Å². The third kappa shape index (κ3) is 2.74. The standard InChI is InChI=1S/C12H22N2O2/c13-9-12(4-2-1-3-5-12)6-11(15)14-10-7-16-8-10/h10H,1-9,13H2,(H,14,15). The quantitative estimate of drug-likeness (QED) is 0.745. The van der Waals surface area contributed by atoms with Crippen molar-refractivity contribution < 1.29 is 9.53 Å². The van der Waals surface area contributed by atoms with E-state index >= 15 is 0 Å². The maximum Gasteiger partial charge on any atom is 0.220 e. The molecule has 3 N–H and O–H groups in total. The van der Waals surface area contributed by atoms with Crippen LogP contribution < -0.4 is 11.1 Å². The van der Waals surface area contributed by atoms with Gasteiger partial charge in [-0.25, -0.2) is 0 Å². The molecule has 4 heteroatoms. The van der Waals surface area contributed by atoms with Crippen LogP contribution >= 0.6 is 0 Å². The zero-order valence-electron chi connectivity index (χ0n) is 9.84. The van der Waals surface area contributed by atoms with Crippen LogP contribution in [0.1, 0.15) is 38.5 Å². The van der Waals surface area contributed by atoms with Crippen LogP contribution in [0.5, 0.6) is 0 Å². The smallest absolute Gasteiger partial charge is 0.220 e. The summed E-state index contributed by atoms with van der Waals surface area (Å²) in [5.41, 5.74) is 5.94. The molecule has 1 heterocycles. The Labute approximate surface area is 96.9 Å². The molecule has 0 aromatic heterocycles. The fraction of sp³-hybridized carbons (Fsp3) is 0.917. The average Bonchev–Trinajstić information content (AvgIpc) is 2.25. The molecule has 0 aromatic rings. The molecule has 1 saturated heterocycles. The number of carbonyl (C=O) groups excluding carboxylic acids is 1. The molecule has 2 fully saturated rings. The van der Waals surface area contributed by atoms with E-state index in [9.17, 15) is 4.79 Å². The summed E-state index contributed by atoms with van der Waals surface area (Å²) in [4.78, 5) is 11.9. The summed E-state index contributed by atoms with van der Waals surface area (Å²) in [7, 11) is 0. The lowest BCUT2D eigenvalue weighted by Crippen LogP contribution is -2.50. The topological polar surface area (TPSA) is 64.4 Å². The molecule has 0 aromatic carbocycles. The van der Waals surface area contributed by atoms with Crippen molar-refractivity contribution >= 4 is 5.91 Å². The van der Waals surface area contributed by atoms with E-state index in [2.05, 4.69) is 5.32 Å². The summed E-state index contributed by atoms with van der Waals surface area (Å²) in [5.74, 6) is 0.153. The molecule has 1 aliphatic heterocycles. The molecule has 2 aliphatic rings. The number of nitrogens with two attached hydrogens (primary N) is 1. The summed E-state index contributed by atoms with van der Waals surface area (Å²) in [6.07, 6.45) is 6.55. The van der Waals surface area contributed by atoms with Gasteiger partial charge in [0.25, 0.3) is 0 Å². The van der Waals surface area contributed by atoms with Gasteiger partial charge in [-0.05, 0) is 24.8 Å². The molecule has 4 nitrogen and oxygen atoms in total. The van der Waals surface area contributed by atoms with Gasteiger partial charge in [-0.15, -0.1) is 0 Å². The molecule has 0 radical (unpaired) electrons. The van der Waals surface area contributed by atoms with Crippen molar-refractivity contribution in [2.45, 2.75) is 44.6 Å². The number of ether oxygens (including phenoxy) is 1. The van der Waals surface area contributed by atoms with Crippen LogP contribution in [0.25, 0.3) is 0 Å². The van der Waals surface area contributed by atoms with E-state index in [1.807, 2.05) is 0 Å². The van der Waals surface area contributed by atoms with Crippen molar-refractivity contribution in [2.24, 2.45) is 11.1 Å². The van der Waals surface area contributed by atoms with Gasteiger partial charge in [0.05, 0.1) is 19.3 Å². The van der Waals surface area contributed by atoms with Crippen LogP contribution in [0.2, 0.25) is 0 Å². The molecule has 92 valence electrons. The Balaban J connectivity index is 1.82. The number of carbonyl (C=O) groups is 1. The zero-order valence-corrected chi connectivity index (χ0v) is 9.84. The van der Waals surface area contributed by atoms with Gasteiger partial charge in [0, 0.05) is 6.42 Å². The van der Waals surface area contributed by atoms with Crippen LogP contribution in [0, 0.1) is 5.41 Å². The molecule has 0 unspecified atom stereocenters. The van der Waals surface area contributed by atoms with Crippen LogP contribution in [-0.4, -0.2) is 31.7 Å². The molecule has 1 saturated carbocycles. The predicted octanol–water partition coefficient (Wildman–Crippen LogP) is 0.801. The largest absolute Gasteiger partial charge is 0.377 e. The molecular formula is C12H22N2O2. The van der Waals surface area contributed by atoms with E-state index in [4.69, 9.17) is 10.5 Å². The maximum absolute atomic E-state index is 11.9. The van der Waals surface area contributed by atoms with Crippen molar-refractivity contribution in [1.29, 1.82) is 0 Å². The SMILES string of the molecule is NCC1(CC(=O)NC2COC2)CCCCC1. The van der Waals surface area contributed by atoms with E-state index < -0.39 is 0 Å². The minimum Gasteiger partial charge on any atom is -0.377 e. The van der Waals surface area contributed by atoms with Crippen molar-refractivity contribution in [1.82, 2.24) is 5.32 Å². The van der Waals surface area contributed by atoms with Crippen molar-refractivity contribution in [3.63, 3.8) is 0 Å². The summed E-state index contributed by atoms with van der Waals surface area (Å²) in [5, 5.41) is 3.00. The lowest BCUT2D eigenvalue weighted by atomic mass is 9.71. The lowest BCUT2D eigenvalue weighted by molar-refractivity contribution is -0.128. The van der Waals surface area contributed by atoms with Gasteiger partial charge in [0.15, 0.2) is 0 Å². The second kappa shape index (κ2) is 5.15. The normalized spacial score (nSPS) is 24.8. The first-order valence-electron chi connectivity index (χ1n) is 6.31. The highest BCUT2D eigenvalue weighted by atomic mass is 16.5. The average molecular weight is 226 g/mol. The summed E-state index contributed by atoms with van der Waals surface area (Å²) < 4.78 is 5.04. The molecule has 0 atom stereocenters. The fourth-order valence-electron chi connectivity index (χ4n) is 2.69. The second-order valence-electron chi connectivity index (χ2n) is 5.24. The van der Waals surface area contributed by atoms with E-state index in [0.29, 0.717) is 26.2 Å². The predicted molar refractivity (Wildman–Crippen MR) is 61.9 cm³/mol. The minimum atomic E-state index is 0.0763. The van der Waals surface area contributed by atoms with Crippen molar-refractivity contribution in [3.05, 3.63) is 0 Å². The molecule has 2 rings (SSSR count). The van der Waals surface area contributed by atoms with Gasteiger partial charge >= 0.3 is 0 Å². The second-order valence-corrected chi connectivity index (χ2v) is 5.24. The molecular weight excluding hydrogens is 204 g/mol. The number of rotatable bonds is 4. The Morgan fingerprint density at radius 2 is 2.00 bits per heavy atom. The molecule has 0 bridgehead atoms.